The minimum atomic E-state index is -0.199. The predicted molar refractivity (Wildman–Crippen MR) is 73.3 cm³/mol. The molecule has 1 amide bonds. The Bertz CT molecular complexity index is 274. The molecule has 0 bridgehead atoms. The molecule has 0 radical (unpaired) electrons. The van der Waals surface area contributed by atoms with E-state index < -0.39 is 0 Å². The summed E-state index contributed by atoms with van der Waals surface area (Å²) in [5.41, 5.74) is 5.45. The molecule has 1 fully saturated rings. The van der Waals surface area contributed by atoms with E-state index in [4.69, 9.17) is 10.5 Å². The van der Waals surface area contributed by atoms with Gasteiger partial charge in [0, 0.05) is 13.2 Å². The first kappa shape index (κ1) is 15.4. The molecular weight excluding hydrogens is 228 g/mol. The molecule has 1 atom stereocenters. The first-order valence-corrected chi connectivity index (χ1v) is 6.87. The summed E-state index contributed by atoms with van der Waals surface area (Å²) >= 11 is 0. The van der Waals surface area contributed by atoms with Gasteiger partial charge in [-0.15, -0.1) is 0 Å². The van der Waals surface area contributed by atoms with E-state index in [1.807, 2.05) is 0 Å². The quantitative estimate of drug-likeness (QED) is 0.762. The number of rotatable bonds is 6. The molecule has 4 heteroatoms. The van der Waals surface area contributed by atoms with Crippen molar-refractivity contribution >= 4 is 5.91 Å². The average molecular weight is 256 g/mol. The van der Waals surface area contributed by atoms with Crippen molar-refractivity contribution in [3.05, 3.63) is 0 Å². The van der Waals surface area contributed by atoms with Crippen LogP contribution in [0.2, 0.25) is 0 Å². The maximum absolute atomic E-state index is 12.1. The van der Waals surface area contributed by atoms with Crippen LogP contribution < -0.4 is 11.1 Å². The minimum absolute atomic E-state index is 0.0366. The second-order valence-electron chi connectivity index (χ2n) is 6.48. The van der Waals surface area contributed by atoms with Crippen LogP contribution in [-0.4, -0.2) is 31.2 Å². The summed E-state index contributed by atoms with van der Waals surface area (Å²) in [4.78, 5) is 12.1. The lowest BCUT2D eigenvalue weighted by molar-refractivity contribution is -0.135. The van der Waals surface area contributed by atoms with Crippen LogP contribution in [0.3, 0.4) is 0 Å². The Morgan fingerprint density at radius 3 is 2.39 bits per heavy atom. The van der Waals surface area contributed by atoms with Crippen molar-refractivity contribution in [2.45, 2.75) is 64.5 Å². The normalized spacial score (nSPS) is 20.1. The van der Waals surface area contributed by atoms with Gasteiger partial charge in [0.15, 0.2) is 0 Å². The molecule has 0 aliphatic heterocycles. The fourth-order valence-corrected chi connectivity index (χ4v) is 2.45. The Kier molecular flexibility index (Phi) is 5.17. The average Bonchev–Trinajstić information content (AvgIpc) is 2.21. The van der Waals surface area contributed by atoms with Crippen molar-refractivity contribution < 1.29 is 9.53 Å². The van der Waals surface area contributed by atoms with Crippen molar-refractivity contribution in [3.8, 4) is 0 Å². The molecule has 1 aliphatic carbocycles. The molecule has 1 aliphatic rings. The number of nitrogens with one attached hydrogen (secondary N) is 1. The summed E-state index contributed by atoms with van der Waals surface area (Å²) in [6.45, 7) is 6.98. The topological polar surface area (TPSA) is 64.3 Å². The summed E-state index contributed by atoms with van der Waals surface area (Å²) in [6.07, 6.45) is 4.43. The maximum atomic E-state index is 12.1. The van der Waals surface area contributed by atoms with Gasteiger partial charge < -0.3 is 15.8 Å². The predicted octanol–water partition coefficient (Wildman–Crippen LogP) is 1.83. The molecule has 0 aromatic heterocycles. The third kappa shape index (κ3) is 3.95. The van der Waals surface area contributed by atoms with E-state index in [1.54, 1.807) is 7.11 Å². The molecule has 1 unspecified atom stereocenters. The summed E-state index contributed by atoms with van der Waals surface area (Å²) in [7, 11) is 1.70. The zero-order chi connectivity index (χ0) is 13.8. The lowest BCUT2D eigenvalue weighted by atomic mass is 9.77. The van der Waals surface area contributed by atoms with Crippen LogP contribution in [0, 0.1) is 5.41 Å². The van der Waals surface area contributed by atoms with E-state index >= 15 is 0 Å². The maximum Gasteiger partial charge on any atom is 0.223 e. The first-order chi connectivity index (χ1) is 8.33. The molecule has 1 saturated carbocycles. The highest BCUT2D eigenvalue weighted by Crippen LogP contribution is 2.38. The largest absolute Gasteiger partial charge is 0.378 e. The Morgan fingerprint density at radius 2 is 2.06 bits per heavy atom. The van der Waals surface area contributed by atoms with Gasteiger partial charge in [-0.2, -0.15) is 0 Å². The molecule has 0 aromatic rings. The molecular formula is C14H28N2O2. The minimum Gasteiger partial charge on any atom is -0.378 e. The highest BCUT2D eigenvalue weighted by molar-refractivity contribution is 5.77. The molecule has 0 spiro atoms. The number of nitrogens with two attached hydrogens (primary N) is 1. The summed E-state index contributed by atoms with van der Waals surface area (Å²) in [6, 6.07) is 0.129. The molecule has 0 saturated heterocycles. The SMILES string of the molecule is COC1(CC(=O)NC(CCN)C(C)(C)C)CCC1. The Hall–Kier alpha value is -0.610. The van der Waals surface area contributed by atoms with Gasteiger partial charge in [-0.3, -0.25) is 4.79 Å². The lowest BCUT2D eigenvalue weighted by Crippen LogP contribution is -2.49. The van der Waals surface area contributed by atoms with E-state index in [0.29, 0.717) is 13.0 Å². The van der Waals surface area contributed by atoms with Crippen LogP contribution in [0.25, 0.3) is 0 Å². The van der Waals surface area contributed by atoms with Crippen LogP contribution >= 0.6 is 0 Å². The standard InChI is InChI=1S/C14H28N2O2/c1-13(2,3)11(6-9-15)16-12(17)10-14(18-4)7-5-8-14/h11H,5-10,15H2,1-4H3,(H,16,17). The molecule has 18 heavy (non-hydrogen) atoms. The third-order valence-corrected chi connectivity index (χ3v) is 4.02. The number of hydrogen-bond acceptors (Lipinski definition) is 3. The second kappa shape index (κ2) is 6.02. The zero-order valence-electron chi connectivity index (χ0n) is 12.2. The van der Waals surface area contributed by atoms with E-state index in [2.05, 4.69) is 26.1 Å². The Morgan fingerprint density at radius 1 is 1.44 bits per heavy atom. The van der Waals surface area contributed by atoms with Crippen molar-refractivity contribution in [1.82, 2.24) is 5.32 Å². The molecule has 106 valence electrons. The zero-order valence-corrected chi connectivity index (χ0v) is 12.2. The summed E-state index contributed by atoms with van der Waals surface area (Å²) < 4.78 is 5.49. The second-order valence-corrected chi connectivity index (χ2v) is 6.48. The lowest BCUT2D eigenvalue weighted by Gasteiger charge is -2.41. The Labute approximate surface area is 111 Å². The smallest absolute Gasteiger partial charge is 0.223 e. The Balaban J connectivity index is 2.51. The number of ether oxygens (including phenoxy) is 1. The van der Waals surface area contributed by atoms with Crippen LogP contribution in [-0.2, 0) is 9.53 Å². The van der Waals surface area contributed by atoms with Gasteiger partial charge in [0.1, 0.15) is 0 Å². The fourth-order valence-electron chi connectivity index (χ4n) is 2.45. The van der Waals surface area contributed by atoms with Crippen molar-refractivity contribution in [2.75, 3.05) is 13.7 Å². The van der Waals surface area contributed by atoms with Crippen molar-refractivity contribution in [1.29, 1.82) is 0 Å². The van der Waals surface area contributed by atoms with Crippen LogP contribution in [0.1, 0.15) is 52.9 Å². The van der Waals surface area contributed by atoms with Gasteiger partial charge >= 0.3 is 0 Å². The highest BCUT2D eigenvalue weighted by Gasteiger charge is 2.39. The van der Waals surface area contributed by atoms with E-state index in [9.17, 15) is 4.79 Å². The number of amides is 1. The number of hydrogen-bond donors (Lipinski definition) is 2. The fraction of sp³-hybridized carbons (Fsp3) is 0.929. The molecule has 3 N–H and O–H groups in total. The first-order valence-electron chi connectivity index (χ1n) is 6.87. The number of carbonyl (C=O) groups excluding carboxylic acids is 1. The van der Waals surface area contributed by atoms with Crippen LogP contribution in [0.15, 0.2) is 0 Å². The van der Waals surface area contributed by atoms with Crippen LogP contribution in [0.4, 0.5) is 0 Å². The highest BCUT2D eigenvalue weighted by atomic mass is 16.5. The van der Waals surface area contributed by atoms with E-state index in [-0.39, 0.29) is 23.0 Å². The molecule has 0 aromatic carbocycles. The van der Waals surface area contributed by atoms with Gasteiger partial charge in [0.05, 0.1) is 12.0 Å². The van der Waals surface area contributed by atoms with Gasteiger partial charge in [0.25, 0.3) is 0 Å². The van der Waals surface area contributed by atoms with Crippen molar-refractivity contribution in [3.63, 3.8) is 0 Å². The molecule has 0 heterocycles. The summed E-state index contributed by atoms with van der Waals surface area (Å²) in [5.74, 6) is 0.0879. The van der Waals surface area contributed by atoms with Crippen molar-refractivity contribution in [2.24, 2.45) is 11.1 Å². The third-order valence-electron chi connectivity index (χ3n) is 4.02. The van der Waals surface area contributed by atoms with E-state index in [0.717, 1.165) is 25.7 Å². The number of carbonyl (C=O) groups is 1. The monoisotopic (exact) mass is 256 g/mol. The van der Waals surface area contributed by atoms with Gasteiger partial charge in [0.2, 0.25) is 5.91 Å². The van der Waals surface area contributed by atoms with Crippen LogP contribution in [0.5, 0.6) is 0 Å². The number of methoxy groups -OCH3 is 1. The van der Waals surface area contributed by atoms with E-state index in [1.165, 1.54) is 0 Å². The van der Waals surface area contributed by atoms with Gasteiger partial charge in [-0.25, -0.2) is 0 Å². The summed E-state index contributed by atoms with van der Waals surface area (Å²) in [5, 5.41) is 3.12. The van der Waals surface area contributed by atoms with Gasteiger partial charge in [-0.1, -0.05) is 20.8 Å². The molecule has 1 rings (SSSR count). The van der Waals surface area contributed by atoms with Gasteiger partial charge in [-0.05, 0) is 37.6 Å². The molecule has 4 nitrogen and oxygen atoms in total.